The molecule has 9 heteroatoms. The number of hydrogen-bond acceptors (Lipinski definition) is 4. The third-order valence-corrected chi connectivity index (χ3v) is 8.70. The highest BCUT2D eigenvalue weighted by atomic mass is 79.9. The van der Waals surface area contributed by atoms with Crippen LogP contribution in [0.15, 0.2) is 83.3 Å². The molecule has 2 atom stereocenters. The number of amides is 2. The fraction of sp³-hybridized carbons (Fsp3) is 0.375. The molecule has 2 amide bonds. The van der Waals surface area contributed by atoms with Crippen molar-refractivity contribution in [1.82, 2.24) is 10.2 Å². The lowest BCUT2D eigenvalue weighted by atomic mass is 10.0. The van der Waals surface area contributed by atoms with Crippen molar-refractivity contribution in [3.63, 3.8) is 0 Å². The Labute approximate surface area is 253 Å². The number of nitrogens with zero attached hydrogens (tertiary/aromatic N) is 2. The van der Waals surface area contributed by atoms with Gasteiger partial charge in [0.1, 0.15) is 12.6 Å². The molecule has 1 N–H and O–H groups in total. The molecule has 0 aliphatic heterocycles. The van der Waals surface area contributed by atoms with Crippen LogP contribution < -0.4 is 9.62 Å². The van der Waals surface area contributed by atoms with E-state index in [1.54, 1.807) is 12.1 Å². The SMILES string of the molecule is CC[C@H](C)NC(=O)[C@@H](Cc1ccccc1)N(Cc1ccc(Br)cc1)C(=O)CN(c1ccccc1C(C)C)S(C)(=O)=O. The second-order valence-electron chi connectivity index (χ2n) is 10.7. The van der Waals surface area contributed by atoms with Crippen LogP contribution in [0.5, 0.6) is 0 Å². The maximum atomic E-state index is 14.2. The molecule has 0 heterocycles. The van der Waals surface area contributed by atoms with Gasteiger partial charge in [-0.2, -0.15) is 0 Å². The molecule has 0 aliphatic carbocycles. The summed E-state index contributed by atoms with van der Waals surface area (Å²) >= 11 is 3.45. The van der Waals surface area contributed by atoms with E-state index >= 15 is 0 Å². The summed E-state index contributed by atoms with van der Waals surface area (Å²) in [5.74, 6) is -0.698. The van der Waals surface area contributed by atoms with Crippen molar-refractivity contribution in [2.24, 2.45) is 0 Å². The highest BCUT2D eigenvalue weighted by molar-refractivity contribution is 9.10. The predicted molar refractivity (Wildman–Crippen MR) is 169 cm³/mol. The van der Waals surface area contributed by atoms with Gasteiger partial charge in [0, 0.05) is 23.5 Å². The summed E-state index contributed by atoms with van der Waals surface area (Å²) in [4.78, 5) is 29.5. The van der Waals surface area contributed by atoms with Crippen molar-refractivity contribution in [3.05, 3.63) is 100 Å². The predicted octanol–water partition coefficient (Wildman–Crippen LogP) is 5.89. The molecule has 0 aliphatic rings. The lowest BCUT2D eigenvalue weighted by molar-refractivity contribution is -0.140. The molecule has 220 valence electrons. The molecular weight excluding hydrogens is 602 g/mol. The van der Waals surface area contributed by atoms with E-state index in [0.29, 0.717) is 5.69 Å². The minimum Gasteiger partial charge on any atom is -0.352 e. The van der Waals surface area contributed by atoms with E-state index in [0.717, 1.165) is 38.1 Å². The van der Waals surface area contributed by atoms with Gasteiger partial charge in [-0.15, -0.1) is 0 Å². The van der Waals surface area contributed by atoms with Gasteiger partial charge < -0.3 is 10.2 Å². The number of carbonyl (C=O) groups excluding carboxylic acids is 2. The smallest absolute Gasteiger partial charge is 0.244 e. The minimum atomic E-state index is -3.83. The maximum absolute atomic E-state index is 14.2. The molecule has 7 nitrogen and oxygen atoms in total. The van der Waals surface area contributed by atoms with Gasteiger partial charge >= 0.3 is 0 Å². The maximum Gasteiger partial charge on any atom is 0.244 e. The van der Waals surface area contributed by atoms with E-state index in [-0.39, 0.29) is 30.8 Å². The van der Waals surface area contributed by atoms with Crippen molar-refractivity contribution in [2.45, 2.75) is 65.1 Å². The quantitative estimate of drug-likeness (QED) is 0.252. The van der Waals surface area contributed by atoms with Gasteiger partial charge in [0.2, 0.25) is 21.8 Å². The summed E-state index contributed by atoms with van der Waals surface area (Å²) in [6.45, 7) is 7.58. The Balaban J connectivity index is 2.09. The molecule has 41 heavy (non-hydrogen) atoms. The molecule has 0 unspecified atom stereocenters. The number of carbonyl (C=O) groups is 2. The van der Waals surface area contributed by atoms with Gasteiger partial charge in [0.25, 0.3) is 0 Å². The Kier molecular flexibility index (Phi) is 11.5. The van der Waals surface area contributed by atoms with Gasteiger partial charge in [0.15, 0.2) is 0 Å². The monoisotopic (exact) mass is 641 g/mol. The molecule has 3 aromatic carbocycles. The second-order valence-corrected chi connectivity index (χ2v) is 13.5. The number of rotatable bonds is 13. The van der Waals surface area contributed by atoms with Crippen LogP contribution in [-0.2, 0) is 32.6 Å². The highest BCUT2D eigenvalue weighted by Gasteiger charge is 2.34. The van der Waals surface area contributed by atoms with Crippen molar-refractivity contribution in [1.29, 1.82) is 0 Å². The van der Waals surface area contributed by atoms with E-state index in [9.17, 15) is 18.0 Å². The number of anilines is 1. The summed E-state index contributed by atoms with van der Waals surface area (Å²) < 4.78 is 28.3. The largest absolute Gasteiger partial charge is 0.352 e. The average molecular weight is 643 g/mol. The first-order chi connectivity index (χ1) is 19.4. The molecule has 0 spiro atoms. The number of halogens is 1. The molecule has 3 aromatic rings. The number of hydrogen-bond donors (Lipinski definition) is 1. The zero-order valence-corrected chi connectivity index (χ0v) is 26.8. The molecule has 0 bridgehead atoms. The van der Waals surface area contributed by atoms with Crippen LogP contribution >= 0.6 is 15.9 Å². The zero-order valence-electron chi connectivity index (χ0n) is 24.4. The van der Waals surface area contributed by atoms with Crippen molar-refractivity contribution >= 4 is 43.5 Å². The molecule has 0 radical (unpaired) electrons. The van der Waals surface area contributed by atoms with E-state index < -0.39 is 28.5 Å². The topological polar surface area (TPSA) is 86.8 Å². The summed E-state index contributed by atoms with van der Waals surface area (Å²) in [5, 5.41) is 3.05. The molecular formula is C32H40BrN3O4S. The fourth-order valence-corrected chi connectivity index (χ4v) is 5.71. The molecule has 0 saturated carbocycles. The van der Waals surface area contributed by atoms with Crippen LogP contribution in [0.1, 0.15) is 56.7 Å². The minimum absolute atomic E-state index is 0.0385. The summed E-state index contributed by atoms with van der Waals surface area (Å²) in [6, 6.07) is 23.4. The van der Waals surface area contributed by atoms with E-state index in [1.807, 2.05) is 94.4 Å². The van der Waals surface area contributed by atoms with E-state index in [1.165, 1.54) is 4.90 Å². The number of sulfonamides is 1. The third kappa shape index (κ3) is 9.16. The Morgan fingerprint density at radius 3 is 2.07 bits per heavy atom. The Bertz CT molecular complexity index is 1410. The van der Waals surface area contributed by atoms with Crippen LogP contribution in [0.3, 0.4) is 0 Å². The first kappa shape index (κ1) is 32.3. The highest BCUT2D eigenvalue weighted by Crippen LogP contribution is 2.29. The Morgan fingerprint density at radius 2 is 1.49 bits per heavy atom. The lowest BCUT2D eigenvalue weighted by Gasteiger charge is -2.34. The van der Waals surface area contributed by atoms with Gasteiger partial charge in [-0.25, -0.2) is 8.42 Å². The van der Waals surface area contributed by atoms with Gasteiger partial charge in [-0.3, -0.25) is 13.9 Å². The van der Waals surface area contributed by atoms with Gasteiger partial charge in [-0.1, -0.05) is 97.4 Å². The molecule has 3 rings (SSSR count). The van der Waals surface area contributed by atoms with Crippen LogP contribution in [0.4, 0.5) is 5.69 Å². The van der Waals surface area contributed by atoms with Crippen molar-refractivity contribution < 1.29 is 18.0 Å². The number of benzene rings is 3. The van der Waals surface area contributed by atoms with Crippen LogP contribution in [0, 0.1) is 0 Å². The van der Waals surface area contributed by atoms with Crippen molar-refractivity contribution in [3.8, 4) is 0 Å². The molecule has 0 aromatic heterocycles. The first-order valence-corrected chi connectivity index (χ1v) is 16.5. The van der Waals surface area contributed by atoms with Gasteiger partial charge in [-0.05, 0) is 54.2 Å². The molecule has 0 saturated heterocycles. The molecule has 0 fully saturated rings. The normalized spacial score (nSPS) is 13.0. The van der Waals surface area contributed by atoms with E-state index in [2.05, 4.69) is 21.2 Å². The van der Waals surface area contributed by atoms with E-state index in [4.69, 9.17) is 0 Å². The standard InChI is InChI=1S/C32H40BrN3O4S/c1-6-24(4)34-32(38)30(20-25-12-8-7-9-13-25)35(21-26-16-18-27(33)19-17-26)31(37)22-36(41(5,39)40)29-15-11-10-14-28(29)23(2)3/h7-19,23-24,30H,6,20-22H2,1-5H3,(H,34,38)/t24-,30+/m0/s1. The fourth-order valence-electron chi connectivity index (χ4n) is 4.58. The summed E-state index contributed by atoms with van der Waals surface area (Å²) in [7, 11) is -3.83. The Hall–Kier alpha value is -3.17. The zero-order chi connectivity index (χ0) is 30.2. The van der Waals surface area contributed by atoms with Crippen LogP contribution in [0.25, 0.3) is 0 Å². The summed E-state index contributed by atoms with van der Waals surface area (Å²) in [5.41, 5.74) is 3.01. The van der Waals surface area contributed by atoms with Crippen LogP contribution in [0.2, 0.25) is 0 Å². The van der Waals surface area contributed by atoms with Crippen LogP contribution in [-0.4, -0.2) is 50.0 Å². The average Bonchev–Trinajstić information content (AvgIpc) is 2.94. The first-order valence-electron chi connectivity index (χ1n) is 13.9. The number of para-hydroxylation sites is 1. The third-order valence-electron chi connectivity index (χ3n) is 7.04. The van der Waals surface area contributed by atoms with Crippen molar-refractivity contribution in [2.75, 3.05) is 17.1 Å². The Morgan fingerprint density at radius 1 is 0.878 bits per heavy atom. The second kappa shape index (κ2) is 14.6. The summed E-state index contributed by atoms with van der Waals surface area (Å²) in [6.07, 6.45) is 2.12. The lowest BCUT2D eigenvalue weighted by Crippen LogP contribution is -2.54. The number of nitrogens with one attached hydrogen (secondary N) is 1. The van der Waals surface area contributed by atoms with Gasteiger partial charge in [0.05, 0.1) is 11.9 Å².